The third-order valence-corrected chi connectivity index (χ3v) is 1.64. The van der Waals surface area contributed by atoms with Crippen LogP contribution < -0.4 is 0 Å². The van der Waals surface area contributed by atoms with Crippen molar-refractivity contribution < 1.29 is 13.9 Å². The Morgan fingerprint density at radius 3 is 2.82 bits per heavy atom. The lowest BCUT2D eigenvalue weighted by atomic mass is 10.0. The van der Waals surface area contributed by atoms with Gasteiger partial charge in [-0.15, -0.1) is 0 Å². The van der Waals surface area contributed by atoms with E-state index in [2.05, 4.69) is 5.92 Å². The van der Waals surface area contributed by atoms with Gasteiger partial charge in [0.2, 0.25) is 0 Å². The van der Waals surface area contributed by atoms with Crippen LogP contribution in [0.25, 0.3) is 0 Å². The van der Waals surface area contributed by atoms with E-state index in [9.17, 15) is 13.9 Å². The summed E-state index contributed by atoms with van der Waals surface area (Å²) in [7, 11) is 0. The molecule has 0 N–H and O–H groups in total. The van der Waals surface area contributed by atoms with Crippen molar-refractivity contribution >= 4 is 0 Å². The van der Waals surface area contributed by atoms with Gasteiger partial charge < -0.3 is 0 Å². The van der Waals surface area contributed by atoms with Gasteiger partial charge in [-0.25, -0.2) is 5.11 Å². The van der Waals surface area contributed by atoms with Crippen LogP contribution in [0.5, 0.6) is 0 Å². The smallest absolute Gasteiger partial charge is 0.233 e. The number of hydrogen-bond donors (Lipinski definition) is 0. The van der Waals surface area contributed by atoms with Gasteiger partial charge in [-0.2, -0.15) is 8.78 Å². The summed E-state index contributed by atoms with van der Waals surface area (Å²) in [5.74, 6) is 1.24. The normalized spacial score (nSPS) is 29.5. The first-order chi connectivity index (χ1) is 5.10. The minimum atomic E-state index is -2.93. The van der Waals surface area contributed by atoms with Crippen LogP contribution in [0.4, 0.5) is 8.78 Å². The van der Waals surface area contributed by atoms with E-state index in [4.69, 9.17) is 0 Å². The first-order valence-electron chi connectivity index (χ1n) is 3.64. The first kappa shape index (κ1) is 8.48. The summed E-state index contributed by atoms with van der Waals surface area (Å²) in [5.41, 5.74) is 0. The molecule has 0 heterocycles. The fourth-order valence-corrected chi connectivity index (χ4v) is 0.974. The van der Waals surface area contributed by atoms with Crippen molar-refractivity contribution in [2.75, 3.05) is 0 Å². The maximum Gasteiger partial charge on any atom is 0.308 e. The largest absolute Gasteiger partial charge is 0.308 e. The van der Waals surface area contributed by atoms with E-state index in [0.29, 0.717) is 12.8 Å². The molecule has 1 rings (SSSR count). The van der Waals surface area contributed by atoms with Crippen molar-refractivity contribution in [2.24, 2.45) is 0 Å². The van der Waals surface area contributed by atoms with Gasteiger partial charge >= 0.3 is 5.92 Å². The Labute approximate surface area is 64.4 Å². The highest BCUT2D eigenvalue weighted by atomic mass is 19.3. The highest BCUT2D eigenvalue weighted by Crippen LogP contribution is 2.23. The Morgan fingerprint density at radius 2 is 2.09 bits per heavy atom. The highest BCUT2D eigenvalue weighted by Gasteiger charge is 2.27. The average molecular weight is 159 g/mol. The van der Waals surface area contributed by atoms with Crippen LogP contribution in [-0.4, -0.2) is 12.0 Å². The molecule has 0 saturated carbocycles. The highest BCUT2D eigenvalue weighted by molar-refractivity contribution is 5.10. The minimum absolute atomic E-state index is 0.0433. The molecule has 0 aliphatic heterocycles. The Kier molecular flexibility index (Phi) is 2.45. The third kappa shape index (κ3) is 2.85. The Hall–Kier alpha value is -0.620. The van der Waals surface area contributed by atoms with Gasteiger partial charge in [-0.1, -0.05) is 5.92 Å². The van der Waals surface area contributed by atoms with Gasteiger partial charge in [0.25, 0.3) is 0 Å². The average Bonchev–Trinajstić information content (AvgIpc) is 1.92. The molecule has 0 saturated heterocycles. The van der Waals surface area contributed by atoms with Gasteiger partial charge in [-0.05, 0) is 18.8 Å². The molecule has 1 unspecified atom stereocenters. The van der Waals surface area contributed by atoms with Crippen LogP contribution in [0, 0.1) is 11.8 Å². The van der Waals surface area contributed by atoms with Gasteiger partial charge in [0.1, 0.15) is 0 Å². The van der Waals surface area contributed by atoms with E-state index >= 15 is 0 Å². The van der Waals surface area contributed by atoms with E-state index < -0.39 is 12.0 Å². The summed E-state index contributed by atoms with van der Waals surface area (Å²) in [4.78, 5) is 0. The maximum absolute atomic E-state index is 12.5. The molecule has 0 amide bonds. The molecular formula is C8H9F2O. The zero-order valence-corrected chi connectivity index (χ0v) is 6.07. The standard InChI is InChI=1S/C8H9F2O/c9-8(10)5-2-1-3-7(11)4-6-8/h7H,1,3-4,6H2. The van der Waals surface area contributed by atoms with Crippen molar-refractivity contribution in [3.8, 4) is 11.8 Å². The van der Waals surface area contributed by atoms with E-state index in [1.165, 1.54) is 0 Å². The molecule has 0 aromatic rings. The second kappa shape index (κ2) is 3.19. The van der Waals surface area contributed by atoms with E-state index in [1.54, 1.807) is 0 Å². The lowest BCUT2D eigenvalue weighted by Gasteiger charge is -2.13. The SMILES string of the molecule is [O]C1CCC#CC(F)(F)CC1. The molecule has 1 atom stereocenters. The second-order valence-corrected chi connectivity index (χ2v) is 2.71. The molecule has 0 aromatic carbocycles. The molecule has 11 heavy (non-hydrogen) atoms. The summed E-state index contributed by atoms with van der Waals surface area (Å²) in [5, 5.41) is 10.8. The van der Waals surface area contributed by atoms with Crippen LogP contribution in [0.15, 0.2) is 0 Å². The predicted octanol–water partition coefficient (Wildman–Crippen LogP) is 2.00. The topological polar surface area (TPSA) is 19.9 Å². The van der Waals surface area contributed by atoms with Crippen LogP contribution in [0.3, 0.4) is 0 Å². The lowest BCUT2D eigenvalue weighted by molar-refractivity contribution is 0.0129. The van der Waals surface area contributed by atoms with Crippen molar-refractivity contribution in [3.63, 3.8) is 0 Å². The van der Waals surface area contributed by atoms with Crippen LogP contribution in [-0.2, 0) is 5.11 Å². The molecule has 0 spiro atoms. The zero-order chi connectivity index (χ0) is 8.32. The van der Waals surface area contributed by atoms with Gasteiger partial charge in [0, 0.05) is 12.8 Å². The quantitative estimate of drug-likeness (QED) is 0.482. The number of rotatable bonds is 0. The van der Waals surface area contributed by atoms with Crippen LogP contribution in [0.1, 0.15) is 25.7 Å². The lowest BCUT2D eigenvalue weighted by Crippen LogP contribution is -2.18. The molecule has 1 radical (unpaired) electrons. The molecule has 1 aliphatic rings. The monoisotopic (exact) mass is 159 g/mol. The van der Waals surface area contributed by atoms with Crippen molar-refractivity contribution in [1.82, 2.24) is 0 Å². The molecule has 0 aromatic heterocycles. The minimum Gasteiger partial charge on any atom is -0.233 e. The Morgan fingerprint density at radius 1 is 1.36 bits per heavy atom. The third-order valence-electron chi connectivity index (χ3n) is 1.64. The number of alkyl halides is 2. The Balaban J connectivity index is 2.59. The molecule has 0 bridgehead atoms. The second-order valence-electron chi connectivity index (χ2n) is 2.71. The first-order valence-corrected chi connectivity index (χ1v) is 3.64. The molecule has 3 heteroatoms. The molecule has 0 fully saturated rings. The fraction of sp³-hybridized carbons (Fsp3) is 0.750. The van der Waals surface area contributed by atoms with Crippen molar-refractivity contribution in [3.05, 3.63) is 0 Å². The molecular weight excluding hydrogens is 150 g/mol. The molecule has 1 nitrogen and oxygen atoms in total. The van der Waals surface area contributed by atoms with Crippen LogP contribution >= 0.6 is 0 Å². The number of hydrogen-bond acceptors (Lipinski definition) is 0. The van der Waals surface area contributed by atoms with Gasteiger partial charge in [0.15, 0.2) is 0 Å². The van der Waals surface area contributed by atoms with Gasteiger partial charge in [-0.3, -0.25) is 0 Å². The summed E-state index contributed by atoms with van der Waals surface area (Å²) in [6.07, 6.45) is -0.474. The summed E-state index contributed by atoms with van der Waals surface area (Å²) in [6, 6.07) is 0. The zero-order valence-electron chi connectivity index (χ0n) is 6.07. The van der Waals surface area contributed by atoms with Crippen molar-refractivity contribution in [1.29, 1.82) is 0 Å². The summed E-state index contributed by atoms with van der Waals surface area (Å²) in [6.45, 7) is 0. The van der Waals surface area contributed by atoms with Crippen molar-refractivity contribution in [2.45, 2.75) is 37.7 Å². The fourth-order valence-electron chi connectivity index (χ4n) is 0.974. The Bertz CT molecular complexity index is 190. The van der Waals surface area contributed by atoms with Crippen LogP contribution in [0.2, 0.25) is 0 Å². The van der Waals surface area contributed by atoms with E-state index in [-0.39, 0.29) is 12.8 Å². The predicted molar refractivity (Wildman–Crippen MR) is 35.7 cm³/mol. The maximum atomic E-state index is 12.5. The summed E-state index contributed by atoms with van der Waals surface area (Å²) < 4.78 is 25.0. The van der Waals surface area contributed by atoms with Gasteiger partial charge in [0.05, 0.1) is 6.10 Å². The summed E-state index contributed by atoms with van der Waals surface area (Å²) >= 11 is 0. The van der Waals surface area contributed by atoms with E-state index in [1.807, 2.05) is 5.92 Å². The molecule has 61 valence electrons. The van der Waals surface area contributed by atoms with E-state index in [0.717, 1.165) is 0 Å². The molecule has 1 aliphatic carbocycles. The number of halogens is 2.